The minimum atomic E-state index is -2.82. The van der Waals surface area contributed by atoms with Gasteiger partial charge in [-0.15, -0.1) is 0 Å². The van der Waals surface area contributed by atoms with Crippen molar-refractivity contribution < 1.29 is 39.0 Å². The molecule has 0 radical (unpaired) electrons. The number of phenols is 1. The number of nitrogens with one attached hydrogen (secondary N) is 2. The van der Waals surface area contributed by atoms with Gasteiger partial charge in [0.15, 0.2) is 34.7 Å². The molecule has 6 N–H and O–H groups in total. The third-order valence-electron chi connectivity index (χ3n) is 8.87. The maximum Gasteiger partial charge on any atom is 0.323 e. The molecule has 0 bridgehead atoms. The average Bonchev–Trinajstić information content (AvgIpc) is 2.93. The van der Waals surface area contributed by atoms with Gasteiger partial charge in [-0.1, -0.05) is 15.9 Å². The quantitative estimate of drug-likeness (QED) is 0.229. The molecule has 44 heavy (non-hydrogen) atoms. The first-order chi connectivity index (χ1) is 20.6. The Hall–Kier alpha value is -4.14. The number of urea groups is 1. The first kappa shape index (κ1) is 31.3. The molecule has 2 fully saturated rings. The van der Waals surface area contributed by atoms with Gasteiger partial charge in [0.05, 0.1) is 23.2 Å². The van der Waals surface area contributed by atoms with Crippen LogP contribution in [0, 0.1) is 23.7 Å². The second-order valence-electron chi connectivity index (χ2n) is 11.9. The Kier molecular flexibility index (Phi) is 7.89. The van der Waals surface area contributed by atoms with Gasteiger partial charge in [-0.2, -0.15) is 0 Å². The molecular weight excluding hydrogens is 638 g/mol. The molecule has 0 spiro atoms. The van der Waals surface area contributed by atoms with Crippen LogP contribution in [0.2, 0.25) is 0 Å². The number of ketones is 4. The number of rotatable bonds is 5. The summed E-state index contributed by atoms with van der Waals surface area (Å²) in [6.07, 6.45) is 0.0331. The molecule has 3 amide bonds. The Morgan fingerprint density at radius 2 is 1.66 bits per heavy atom. The summed E-state index contributed by atoms with van der Waals surface area (Å²) in [7, 11) is 6.48. The molecule has 0 aromatic heterocycles. The minimum absolute atomic E-state index is 0.0624. The number of anilines is 3. The summed E-state index contributed by atoms with van der Waals surface area (Å²) in [6, 6.07) is 6.38. The van der Waals surface area contributed by atoms with Gasteiger partial charge in [-0.25, -0.2) is 4.79 Å². The van der Waals surface area contributed by atoms with Gasteiger partial charge in [0, 0.05) is 35.9 Å². The van der Waals surface area contributed by atoms with Gasteiger partial charge < -0.3 is 31.5 Å². The number of aromatic hydroxyl groups is 1. The number of hydrogen-bond donors (Lipinski definition) is 5. The van der Waals surface area contributed by atoms with Crippen molar-refractivity contribution in [2.75, 3.05) is 43.7 Å². The van der Waals surface area contributed by atoms with Crippen molar-refractivity contribution >= 4 is 68.1 Å². The Labute approximate surface area is 260 Å². The van der Waals surface area contributed by atoms with E-state index in [4.69, 9.17) is 5.73 Å². The maximum absolute atomic E-state index is 14.1. The summed E-state index contributed by atoms with van der Waals surface area (Å²) >= 11 is 3.32. The number of primary amides is 1. The smallest absolute Gasteiger partial charge is 0.323 e. The summed E-state index contributed by atoms with van der Waals surface area (Å²) in [4.78, 5) is 83.0. The van der Waals surface area contributed by atoms with Crippen LogP contribution in [0.4, 0.5) is 21.9 Å². The van der Waals surface area contributed by atoms with Crippen LogP contribution in [0.1, 0.15) is 22.3 Å². The molecule has 2 saturated carbocycles. The Morgan fingerprint density at radius 1 is 1.02 bits per heavy atom. The topological polar surface area (TPSA) is 199 Å². The van der Waals surface area contributed by atoms with E-state index < -0.39 is 76.1 Å². The summed E-state index contributed by atoms with van der Waals surface area (Å²) in [5.41, 5.74) is 3.60. The fraction of sp³-hybridized carbons (Fsp3) is 0.400. The fourth-order valence-corrected chi connectivity index (χ4v) is 7.23. The van der Waals surface area contributed by atoms with Crippen LogP contribution in [0.5, 0.6) is 5.75 Å². The highest BCUT2D eigenvalue weighted by atomic mass is 79.9. The third kappa shape index (κ3) is 4.77. The van der Waals surface area contributed by atoms with Crippen LogP contribution in [0.15, 0.2) is 34.8 Å². The normalized spacial score (nSPS) is 27.8. The lowest BCUT2D eigenvalue weighted by molar-refractivity contribution is -0.181. The van der Waals surface area contributed by atoms with Crippen molar-refractivity contribution in [3.8, 4) is 5.75 Å². The van der Waals surface area contributed by atoms with Crippen LogP contribution in [-0.4, -0.2) is 90.0 Å². The van der Waals surface area contributed by atoms with Crippen LogP contribution in [-0.2, 0) is 25.6 Å². The predicted octanol–water partition coefficient (Wildman–Crippen LogP) is 1.34. The van der Waals surface area contributed by atoms with Gasteiger partial charge >= 0.3 is 6.03 Å². The minimum Gasteiger partial charge on any atom is -0.505 e. The molecule has 5 rings (SSSR count). The molecule has 3 aliphatic rings. The molecule has 232 valence electrons. The highest BCUT2D eigenvalue weighted by Crippen LogP contribution is 2.52. The second-order valence-corrected chi connectivity index (χ2v) is 12.8. The number of aliphatic hydroxyl groups is 1. The number of Topliss-reactive ketones (excluding diaryl/α,β-unsaturated/α-hetero) is 4. The molecule has 2 aromatic carbocycles. The number of halogens is 1. The van der Waals surface area contributed by atoms with E-state index in [-0.39, 0.29) is 24.1 Å². The number of fused-ring (bicyclic) bond motifs is 3. The molecule has 0 saturated heterocycles. The first-order valence-corrected chi connectivity index (χ1v) is 14.6. The summed E-state index contributed by atoms with van der Waals surface area (Å²) < 4.78 is 0.806. The third-order valence-corrected chi connectivity index (χ3v) is 9.40. The lowest BCUT2D eigenvalue weighted by atomic mass is 9.52. The maximum atomic E-state index is 14.1. The molecule has 0 heterocycles. The highest BCUT2D eigenvalue weighted by Gasteiger charge is 2.69. The number of nitrogens with two attached hydrogens (primary N) is 1. The highest BCUT2D eigenvalue weighted by molar-refractivity contribution is 9.10. The van der Waals surface area contributed by atoms with Crippen LogP contribution in [0.3, 0.4) is 0 Å². The number of amides is 3. The van der Waals surface area contributed by atoms with Gasteiger partial charge in [-0.05, 0) is 68.8 Å². The van der Waals surface area contributed by atoms with Crippen molar-refractivity contribution in [1.82, 2.24) is 4.90 Å². The van der Waals surface area contributed by atoms with Crippen LogP contribution in [0.25, 0.3) is 0 Å². The molecule has 14 heteroatoms. The van der Waals surface area contributed by atoms with Gasteiger partial charge in [0.25, 0.3) is 0 Å². The summed E-state index contributed by atoms with van der Waals surface area (Å²) in [5, 5.41) is 28.2. The molecular formula is C30H32BrN5O8. The Bertz CT molecular complexity index is 1620. The summed E-state index contributed by atoms with van der Waals surface area (Å²) in [6.45, 7) is 0. The van der Waals surface area contributed by atoms with Crippen molar-refractivity contribution in [3.05, 3.63) is 45.9 Å². The SMILES string of the molecule is CN(C)c1cc(NC(=O)Nc2ccc(Br)cc2)c(O)c2c1C[C@H]1C[C@H]3[C@H](N(C)C)C(=O)C(C(N)=O)C(=O)[C@@]3(O)C(=O)C1C2=O. The number of carbonyl (C=O) groups is 6. The van der Waals surface area contributed by atoms with Crippen LogP contribution >= 0.6 is 15.9 Å². The van der Waals surface area contributed by atoms with Crippen LogP contribution < -0.4 is 21.3 Å². The lowest BCUT2D eigenvalue weighted by Crippen LogP contribution is -2.74. The Balaban J connectivity index is 1.57. The molecule has 2 unspecified atom stereocenters. The fourth-order valence-electron chi connectivity index (χ4n) is 6.96. The predicted molar refractivity (Wildman–Crippen MR) is 162 cm³/mol. The zero-order valence-electron chi connectivity index (χ0n) is 24.4. The average molecular weight is 671 g/mol. The lowest BCUT2D eigenvalue weighted by Gasteiger charge is -2.52. The van der Waals surface area contributed by atoms with E-state index in [0.29, 0.717) is 16.9 Å². The Morgan fingerprint density at radius 3 is 2.23 bits per heavy atom. The van der Waals surface area contributed by atoms with E-state index in [9.17, 15) is 39.0 Å². The second kappa shape index (κ2) is 11.1. The number of likely N-dealkylation sites (N-methyl/N-ethyl adjacent to an activating group) is 1. The zero-order valence-corrected chi connectivity index (χ0v) is 26.0. The van der Waals surface area contributed by atoms with E-state index >= 15 is 0 Å². The zero-order chi connectivity index (χ0) is 32.4. The number of carbonyl (C=O) groups excluding carboxylic acids is 6. The molecule has 2 aromatic rings. The monoisotopic (exact) mass is 669 g/mol. The largest absolute Gasteiger partial charge is 0.505 e. The first-order valence-electron chi connectivity index (χ1n) is 13.8. The van der Waals surface area contributed by atoms with E-state index in [1.165, 1.54) is 25.1 Å². The van der Waals surface area contributed by atoms with E-state index in [0.717, 1.165) is 4.47 Å². The number of nitrogens with zero attached hydrogens (tertiary/aromatic N) is 2. The standard InChI is InChI=1S/C30H32BrN5O8/c1-35(2)18-11-17(34-29(43)33-14-7-5-13(31)6-8-14)23(37)20-15(18)9-12-10-16-22(36(3)4)25(39)21(28(32)42)27(41)30(16,44)26(40)19(12)24(20)38/h5-8,11-12,16,19,21-22,37,44H,9-10H2,1-4H3,(H2,32,42)(H2,33,34,43)/t12-,16-,19?,21?,22-,30-/m0/s1. The van der Waals surface area contributed by atoms with E-state index in [1.807, 2.05) is 0 Å². The van der Waals surface area contributed by atoms with Gasteiger partial charge in [0.2, 0.25) is 5.91 Å². The molecule has 6 atom stereocenters. The van der Waals surface area contributed by atoms with Gasteiger partial charge in [-0.3, -0.25) is 28.9 Å². The molecule has 13 nitrogen and oxygen atoms in total. The van der Waals surface area contributed by atoms with Crippen molar-refractivity contribution in [2.45, 2.75) is 24.5 Å². The molecule has 3 aliphatic carbocycles. The van der Waals surface area contributed by atoms with Crippen molar-refractivity contribution in [3.63, 3.8) is 0 Å². The van der Waals surface area contributed by atoms with Gasteiger partial charge in [0.1, 0.15) is 5.75 Å². The summed E-state index contributed by atoms with van der Waals surface area (Å²) in [5.74, 6) is -11.5. The molecule has 0 aliphatic heterocycles. The van der Waals surface area contributed by atoms with E-state index in [1.54, 1.807) is 43.3 Å². The number of phenolic OH excluding ortho intramolecular Hbond substituents is 1. The number of benzene rings is 2. The van der Waals surface area contributed by atoms with E-state index in [2.05, 4.69) is 26.6 Å². The van der Waals surface area contributed by atoms with Crippen molar-refractivity contribution in [2.24, 2.45) is 29.4 Å². The van der Waals surface area contributed by atoms with Crippen molar-refractivity contribution in [1.29, 1.82) is 0 Å². The number of hydrogen-bond acceptors (Lipinski definition) is 10.